The number of carboxylic acids is 1. The second-order valence-electron chi connectivity index (χ2n) is 5.55. The van der Waals surface area contributed by atoms with E-state index in [9.17, 15) is 9.90 Å². The van der Waals surface area contributed by atoms with Crippen molar-refractivity contribution in [3.8, 4) is 0 Å². The van der Waals surface area contributed by atoms with Gasteiger partial charge in [-0.3, -0.25) is 4.79 Å². The van der Waals surface area contributed by atoms with Crippen LogP contribution in [0.1, 0.15) is 37.0 Å². The molecule has 0 saturated carbocycles. The number of hydrogen-bond acceptors (Lipinski definition) is 3. The van der Waals surface area contributed by atoms with Crippen molar-refractivity contribution in [2.45, 2.75) is 45.4 Å². The number of aryl methyl sites for hydroxylation is 2. The number of nitrogens with one attached hydrogen (secondary N) is 1. The van der Waals surface area contributed by atoms with Crippen LogP contribution in [0.15, 0.2) is 18.2 Å². The molecule has 0 spiro atoms. The van der Waals surface area contributed by atoms with Gasteiger partial charge < -0.3 is 10.4 Å². The smallest absolute Gasteiger partial charge is 0.324 e. The van der Waals surface area contributed by atoms with E-state index < -0.39 is 11.5 Å². The van der Waals surface area contributed by atoms with Crippen molar-refractivity contribution in [3.63, 3.8) is 0 Å². The Kier molecular flexibility index (Phi) is 6.56. The van der Waals surface area contributed by atoms with Gasteiger partial charge in [-0.25, -0.2) is 0 Å². The summed E-state index contributed by atoms with van der Waals surface area (Å²) >= 11 is 1.67. The highest BCUT2D eigenvalue weighted by molar-refractivity contribution is 7.98. The molecule has 0 aliphatic heterocycles. The van der Waals surface area contributed by atoms with Gasteiger partial charge in [0.15, 0.2) is 0 Å². The minimum atomic E-state index is -0.848. The van der Waals surface area contributed by atoms with Crippen molar-refractivity contribution in [2.24, 2.45) is 0 Å². The Bertz CT molecular complexity index is 442. The fourth-order valence-corrected chi connectivity index (χ4v) is 3.25. The summed E-state index contributed by atoms with van der Waals surface area (Å²) in [6.07, 6.45) is 0.935. The van der Waals surface area contributed by atoms with Gasteiger partial charge in [-0.2, -0.15) is 11.8 Å². The lowest BCUT2D eigenvalue weighted by molar-refractivity contribution is -0.143. The molecule has 1 aromatic rings. The van der Waals surface area contributed by atoms with Crippen molar-refractivity contribution in [2.75, 3.05) is 12.3 Å². The molecule has 0 aromatic heterocycles. The van der Waals surface area contributed by atoms with Crippen LogP contribution in [-0.2, 0) is 10.5 Å². The minimum Gasteiger partial charge on any atom is -0.480 e. The van der Waals surface area contributed by atoms with E-state index in [0.717, 1.165) is 18.7 Å². The first-order valence-corrected chi connectivity index (χ1v) is 8.16. The van der Waals surface area contributed by atoms with Gasteiger partial charge in [-0.15, -0.1) is 0 Å². The predicted molar refractivity (Wildman–Crippen MR) is 86.4 cm³/mol. The molecule has 0 bridgehead atoms. The fourth-order valence-electron chi connectivity index (χ4n) is 2.11. The van der Waals surface area contributed by atoms with Crippen LogP contribution in [0.4, 0.5) is 0 Å². The zero-order valence-corrected chi connectivity index (χ0v) is 13.6. The number of carbonyl (C=O) groups is 1. The number of rotatable bonds is 8. The van der Waals surface area contributed by atoms with Crippen LogP contribution < -0.4 is 5.32 Å². The van der Waals surface area contributed by atoms with E-state index in [1.165, 1.54) is 16.7 Å². The Morgan fingerprint density at radius 1 is 1.30 bits per heavy atom. The summed E-state index contributed by atoms with van der Waals surface area (Å²) in [6, 6.07) is 6.48. The Hall–Kier alpha value is -1.00. The Labute approximate surface area is 126 Å². The first-order chi connectivity index (χ1) is 9.37. The van der Waals surface area contributed by atoms with Crippen LogP contribution in [0, 0.1) is 13.8 Å². The zero-order valence-electron chi connectivity index (χ0n) is 12.8. The van der Waals surface area contributed by atoms with Gasteiger partial charge in [0.1, 0.15) is 5.54 Å². The number of benzene rings is 1. The van der Waals surface area contributed by atoms with Crippen molar-refractivity contribution in [1.82, 2.24) is 5.32 Å². The van der Waals surface area contributed by atoms with Crippen molar-refractivity contribution in [1.29, 1.82) is 0 Å². The molecule has 0 fully saturated rings. The van der Waals surface area contributed by atoms with E-state index in [1.54, 1.807) is 18.7 Å². The average Bonchev–Trinajstić information content (AvgIpc) is 2.35. The average molecular weight is 295 g/mol. The van der Waals surface area contributed by atoms with Gasteiger partial charge in [0, 0.05) is 11.5 Å². The quantitative estimate of drug-likeness (QED) is 0.772. The molecule has 2 N–H and O–H groups in total. The summed E-state index contributed by atoms with van der Waals surface area (Å²) in [4.78, 5) is 11.4. The highest BCUT2D eigenvalue weighted by Gasteiger charge is 2.31. The molecule has 0 aliphatic carbocycles. The predicted octanol–water partition coefficient (Wildman–Crippen LogP) is 3.38. The van der Waals surface area contributed by atoms with Gasteiger partial charge >= 0.3 is 5.97 Å². The van der Waals surface area contributed by atoms with Crippen LogP contribution in [0.2, 0.25) is 0 Å². The number of carboxylic acid groups (broad SMARTS) is 1. The maximum Gasteiger partial charge on any atom is 0.324 e. The lowest BCUT2D eigenvalue weighted by Gasteiger charge is -2.25. The zero-order chi connectivity index (χ0) is 15.2. The third kappa shape index (κ3) is 5.17. The Balaban J connectivity index is 2.58. The van der Waals surface area contributed by atoms with Crippen molar-refractivity contribution >= 4 is 17.7 Å². The van der Waals surface area contributed by atoms with Gasteiger partial charge in [-0.05, 0) is 39.3 Å². The first kappa shape index (κ1) is 17.1. The Morgan fingerprint density at radius 3 is 2.40 bits per heavy atom. The molecule has 3 nitrogen and oxygen atoms in total. The van der Waals surface area contributed by atoms with Crippen molar-refractivity contribution in [3.05, 3.63) is 34.9 Å². The molecular weight excluding hydrogens is 270 g/mol. The summed E-state index contributed by atoms with van der Waals surface area (Å²) in [6.45, 7) is 8.71. The summed E-state index contributed by atoms with van der Waals surface area (Å²) in [5, 5.41) is 12.5. The molecule has 1 rings (SSSR count). The lowest BCUT2D eigenvalue weighted by Crippen LogP contribution is -2.52. The largest absolute Gasteiger partial charge is 0.480 e. The maximum absolute atomic E-state index is 11.4. The molecule has 4 heteroatoms. The van der Waals surface area contributed by atoms with E-state index in [4.69, 9.17) is 0 Å². The molecule has 112 valence electrons. The highest BCUT2D eigenvalue weighted by atomic mass is 32.2. The van der Waals surface area contributed by atoms with Crippen LogP contribution in [-0.4, -0.2) is 28.9 Å². The molecule has 1 unspecified atom stereocenters. The van der Waals surface area contributed by atoms with Crippen molar-refractivity contribution < 1.29 is 9.90 Å². The Morgan fingerprint density at radius 2 is 1.90 bits per heavy atom. The second-order valence-corrected chi connectivity index (χ2v) is 6.54. The molecule has 0 amide bonds. The number of hydrogen-bond donors (Lipinski definition) is 2. The number of aliphatic carboxylic acids is 1. The minimum absolute atomic E-state index is 0.565. The third-order valence-corrected chi connectivity index (χ3v) is 4.50. The van der Waals surface area contributed by atoms with E-state index in [-0.39, 0.29) is 0 Å². The van der Waals surface area contributed by atoms with Crippen LogP contribution in [0.3, 0.4) is 0 Å². The standard InChI is InChI=1S/C16H25NO2S/c1-5-6-17-16(4,15(18)19)11-20-10-14-8-12(2)7-13(3)9-14/h7-9,17H,5-6,10-11H2,1-4H3,(H,18,19). The van der Waals surface area contributed by atoms with Gasteiger partial charge in [0.2, 0.25) is 0 Å². The van der Waals surface area contributed by atoms with Gasteiger partial charge in [-0.1, -0.05) is 36.2 Å². The SMILES string of the molecule is CCCNC(C)(CSCc1cc(C)cc(C)c1)C(=O)O. The summed E-state index contributed by atoms with van der Waals surface area (Å²) in [7, 11) is 0. The molecule has 0 saturated heterocycles. The van der Waals surface area contributed by atoms with Crippen LogP contribution >= 0.6 is 11.8 Å². The number of thioether (sulfide) groups is 1. The topological polar surface area (TPSA) is 49.3 Å². The van der Waals surface area contributed by atoms with Crippen LogP contribution in [0.5, 0.6) is 0 Å². The van der Waals surface area contributed by atoms with Crippen LogP contribution in [0.25, 0.3) is 0 Å². The monoisotopic (exact) mass is 295 g/mol. The van der Waals surface area contributed by atoms with E-state index in [2.05, 4.69) is 37.4 Å². The molecule has 1 aromatic carbocycles. The normalized spacial score (nSPS) is 14.0. The molecule has 20 heavy (non-hydrogen) atoms. The fraction of sp³-hybridized carbons (Fsp3) is 0.562. The summed E-state index contributed by atoms with van der Waals surface area (Å²) in [5.41, 5.74) is 2.92. The summed E-state index contributed by atoms with van der Waals surface area (Å²) in [5.74, 6) is 0.632. The molecule has 0 aliphatic rings. The van der Waals surface area contributed by atoms with E-state index in [0.29, 0.717) is 5.75 Å². The molecule has 0 heterocycles. The molecule has 0 radical (unpaired) electrons. The van der Waals surface area contributed by atoms with E-state index in [1.807, 2.05) is 6.92 Å². The molecule has 1 atom stereocenters. The second kappa shape index (κ2) is 7.70. The summed E-state index contributed by atoms with van der Waals surface area (Å²) < 4.78 is 0. The van der Waals surface area contributed by atoms with E-state index >= 15 is 0 Å². The van der Waals surface area contributed by atoms with Gasteiger partial charge in [0.25, 0.3) is 0 Å². The first-order valence-electron chi connectivity index (χ1n) is 7.00. The maximum atomic E-state index is 11.4. The van der Waals surface area contributed by atoms with Gasteiger partial charge in [0.05, 0.1) is 0 Å². The highest BCUT2D eigenvalue weighted by Crippen LogP contribution is 2.20. The lowest BCUT2D eigenvalue weighted by atomic mass is 10.1. The molecular formula is C16H25NO2S. The third-order valence-electron chi connectivity index (χ3n) is 3.18.